The third kappa shape index (κ3) is 3.61. The van der Waals surface area contributed by atoms with Gasteiger partial charge in [0, 0.05) is 28.1 Å². The van der Waals surface area contributed by atoms with E-state index in [0.717, 1.165) is 22.2 Å². The van der Waals surface area contributed by atoms with E-state index in [2.05, 4.69) is 20.3 Å². The first-order chi connectivity index (χ1) is 13.0. The number of fused-ring (bicyclic) bond motifs is 1. The minimum Gasteiger partial charge on any atom is -0.480 e. The Balaban J connectivity index is 1.52. The summed E-state index contributed by atoms with van der Waals surface area (Å²) in [6.45, 7) is 0.398. The molecule has 2 heterocycles. The number of benzene rings is 1. The number of hydrogen-bond acceptors (Lipinski definition) is 5. The zero-order valence-corrected chi connectivity index (χ0v) is 15.5. The average Bonchev–Trinajstić information content (AvgIpc) is 3.04. The molecule has 140 valence electrons. The summed E-state index contributed by atoms with van der Waals surface area (Å²) in [6.07, 6.45) is 3.91. The normalized spacial score (nSPS) is 18.9. The Hall–Kier alpha value is -2.64. The lowest BCUT2D eigenvalue weighted by Crippen LogP contribution is -2.40. The van der Waals surface area contributed by atoms with Gasteiger partial charge in [-0.25, -0.2) is 9.97 Å². The van der Waals surface area contributed by atoms with Gasteiger partial charge in [-0.3, -0.25) is 4.79 Å². The van der Waals surface area contributed by atoms with Crippen LogP contribution >= 0.6 is 11.6 Å². The second-order valence-corrected chi connectivity index (χ2v) is 7.11. The number of ether oxygens (including phenoxy) is 1. The molecule has 3 aromatic rings. The molecule has 1 aromatic carbocycles. The fourth-order valence-electron chi connectivity index (χ4n) is 3.19. The van der Waals surface area contributed by atoms with Gasteiger partial charge in [-0.2, -0.15) is 0 Å². The van der Waals surface area contributed by atoms with Crippen LogP contribution < -0.4 is 10.1 Å². The summed E-state index contributed by atoms with van der Waals surface area (Å²) in [5.41, 5.74) is 3.19. The van der Waals surface area contributed by atoms with Crippen LogP contribution in [0.2, 0.25) is 5.02 Å². The maximum Gasteiger partial charge on any atom is 0.232 e. The molecule has 1 fully saturated rings. The maximum atomic E-state index is 12.0. The Morgan fingerprint density at radius 1 is 1.33 bits per heavy atom. The van der Waals surface area contributed by atoms with E-state index in [1.165, 1.54) is 7.11 Å². The topological polar surface area (TPSA) is 100 Å². The van der Waals surface area contributed by atoms with Crippen molar-refractivity contribution in [3.05, 3.63) is 41.3 Å². The van der Waals surface area contributed by atoms with E-state index < -0.39 is 0 Å². The summed E-state index contributed by atoms with van der Waals surface area (Å²) in [6, 6.07) is 5.74. The summed E-state index contributed by atoms with van der Waals surface area (Å²) in [7, 11) is 1.54. The number of aromatic nitrogens is 3. The number of methoxy groups -OCH3 is 1. The summed E-state index contributed by atoms with van der Waals surface area (Å²) in [4.78, 5) is 23.8. The zero-order valence-electron chi connectivity index (χ0n) is 14.7. The van der Waals surface area contributed by atoms with Crippen molar-refractivity contribution in [3.8, 4) is 17.1 Å². The predicted molar refractivity (Wildman–Crippen MR) is 101 cm³/mol. The summed E-state index contributed by atoms with van der Waals surface area (Å²) in [5.74, 6) is 0.332. The monoisotopic (exact) mass is 386 g/mol. The third-order valence-corrected chi connectivity index (χ3v) is 5.13. The number of halogens is 1. The van der Waals surface area contributed by atoms with E-state index >= 15 is 0 Å². The van der Waals surface area contributed by atoms with E-state index in [9.17, 15) is 9.90 Å². The maximum absolute atomic E-state index is 12.0. The fraction of sp³-hybridized carbons (Fsp3) is 0.316. The first kappa shape index (κ1) is 17.8. The molecule has 0 bridgehead atoms. The Morgan fingerprint density at radius 2 is 2.15 bits per heavy atom. The lowest BCUT2D eigenvalue weighted by molar-refractivity contribution is -0.131. The van der Waals surface area contributed by atoms with E-state index in [-0.39, 0.29) is 17.9 Å². The minimum absolute atomic E-state index is 0.0221. The first-order valence-corrected chi connectivity index (χ1v) is 9.04. The highest BCUT2D eigenvalue weighted by atomic mass is 35.5. The van der Waals surface area contributed by atoms with E-state index in [4.69, 9.17) is 16.3 Å². The number of nitrogens with zero attached hydrogens (tertiary/aromatic N) is 2. The van der Waals surface area contributed by atoms with Crippen molar-refractivity contribution in [2.24, 2.45) is 5.92 Å². The molecule has 27 heavy (non-hydrogen) atoms. The van der Waals surface area contributed by atoms with Gasteiger partial charge in [0.1, 0.15) is 0 Å². The highest BCUT2D eigenvalue weighted by Crippen LogP contribution is 2.31. The molecule has 4 rings (SSSR count). The molecule has 1 aliphatic carbocycles. The summed E-state index contributed by atoms with van der Waals surface area (Å²) in [5, 5.41) is 13.7. The SMILES string of the molecule is COc1cnc(-c2cc3[nH]c(CNC(=O)C4CC(O)C4)cc3cc2Cl)cn1. The molecule has 0 radical (unpaired) electrons. The number of rotatable bonds is 5. The van der Waals surface area contributed by atoms with Crippen LogP contribution in [0.25, 0.3) is 22.2 Å². The minimum atomic E-state index is -0.338. The predicted octanol–water partition coefficient (Wildman–Crippen LogP) is 2.67. The molecule has 0 atom stereocenters. The van der Waals surface area contributed by atoms with Crippen LogP contribution in [0.4, 0.5) is 0 Å². The van der Waals surface area contributed by atoms with Crippen molar-refractivity contribution in [1.82, 2.24) is 20.3 Å². The zero-order chi connectivity index (χ0) is 19.0. The van der Waals surface area contributed by atoms with Gasteiger partial charge in [0.15, 0.2) is 0 Å². The van der Waals surface area contributed by atoms with Crippen LogP contribution in [0, 0.1) is 5.92 Å². The molecule has 7 nitrogen and oxygen atoms in total. The molecule has 1 amide bonds. The molecule has 3 N–H and O–H groups in total. The molecular weight excluding hydrogens is 368 g/mol. The molecule has 1 saturated carbocycles. The molecule has 2 aromatic heterocycles. The van der Waals surface area contributed by atoms with Crippen LogP contribution in [0.15, 0.2) is 30.6 Å². The molecule has 0 spiro atoms. The van der Waals surface area contributed by atoms with Gasteiger partial charge in [0.25, 0.3) is 0 Å². The molecule has 0 unspecified atom stereocenters. The Kier molecular flexibility index (Phi) is 4.72. The van der Waals surface area contributed by atoms with Gasteiger partial charge in [-0.1, -0.05) is 11.6 Å². The second-order valence-electron chi connectivity index (χ2n) is 6.70. The number of aliphatic hydroxyl groups excluding tert-OH is 1. The number of aliphatic hydroxyl groups is 1. The van der Waals surface area contributed by atoms with Crippen LogP contribution in [-0.2, 0) is 11.3 Å². The van der Waals surface area contributed by atoms with Crippen LogP contribution in [0.1, 0.15) is 18.5 Å². The average molecular weight is 387 g/mol. The van der Waals surface area contributed by atoms with Gasteiger partial charge >= 0.3 is 0 Å². The molecular formula is C19H19ClN4O3. The number of carbonyl (C=O) groups excluding carboxylic acids is 1. The number of amides is 1. The van der Waals surface area contributed by atoms with Gasteiger partial charge in [-0.15, -0.1) is 0 Å². The smallest absolute Gasteiger partial charge is 0.232 e. The van der Waals surface area contributed by atoms with Gasteiger partial charge in [-0.05, 0) is 31.0 Å². The third-order valence-electron chi connectivity index (χ3n) is 4.81. The van der Waals surface area contributed by atoms with Gasteiger partial charge < -0.3 is 20.1 Å². The number of H-pyrrole nitrogens is 1. The van der Waals surface area contributed by atoms with Crippen molar-refractivity contribution in [2.75, 3.05) is 7.11 Å². The van der Waals surface area contributed by atoms with Crippen molar-refractivity contribution < 1.29 is 14.6 Å². The van der Waals surface area contributed by atoms with Crippen molar-refractivity contribution in [1.29, 1.82) is 0 Å². The quantitative estimate of drug-likeness (QED) is 0.626. The largest absolute Gasteiger partial charge is 0.480 e. The van der Waals surface area contributed by atoms with Crippen molar-refractivity contribution in [2.45, 2.75) is 25.5 Å². The number of aromatic amines is 1. The molecule has 1 aliphatic rings. The number of nitrogens with one attached hydrogen (secondary N) is 2. The summed E-state index contributed by atoms with van der Waals surface area (Å²) >= 11 is 6.42. The van der Waals surface area contributed by atoms with Gasteiger partial charge in [0.2, 0.25) is 11.8 Å². The lowest BCUT2D eigenvalue weighted by atomic mass is 9.82. The number of hydrogen-bond donors (Lipinski definition) is 3. The Labute approximate surface area is 160 Å². The standard InChI is InChI=1S/C19H19ClN4O3/c1-27-18-9-21-17(8-22-18)14-6-16-10(5-15(14)20)2-12(24-16)7-23-19(26)11-3-13(25)4-11/h2,5-6,8-9,11,13,24-25H,3-4,7H2,1H3,(H,23,26). The van der Waals surface area contributed by atoms with Gasteiger partial charge in [0.05, 0.1) is 42.9 Å². The Bertz CT molecular complexity index is 981. The summed E-state index contributed by atoms with van der Waals surface area (Å²) < 4.78 is 5.03. The van der Waals surface area contributed by atoms with E-state index in [0.29, 0.717) is 36.0 Å². The van der Waals surface area contributed by atoms with Crippen molar-refractivity contribution >= 4 is 28.4 Å². The highest BCUT2D eigenvalue weighted by molar-refractivity contribution is 6.34. The van der Waals surface area contributed by atoms with Crippen LogP contribution in [0.5, 0.6) is 5.88 Å². The number of carbonyl (C=O) groups is 1. The molecule has 0 aliphatic heterocycles. The molecule has 0 saturated heterocycles. The lowest BCUT2D eigenvalue weighted by Gasteiger charge is -2.29. The fourth-order valence-corrected chi connectivity index (χ4v) is 3.46. The van der Waals surface area contributed by atoms with Crippen LogP contribution in [-0.4, -0.2) is 39.2 Å². The first-order valence-electron chi connectivity index (χ1n) is 8.67. The Morgan fingerprint density at radius 3 is 2.81 bits per heavy atom. The van der Waals surface area contributed by atoms with E-state index in [1.54, 1.807) is 12.4 Å². The van der Waals surface area contributed by atoms with Crippen LogP contribution in [0.3, 0.4) is 0 Å². The highest BCUT2D eigenvalue weighted by Gasteiger charge is 2.32. The second kappa shape index (κ2) is 7.17. The van der Waals surface area contributed by atoms with E-state index in [1.807, 2.05) is 18.2 Å². The van der Waals surface area contributed by atoms with Crippen molar-refractivity contribution in [3.63, 3.8) is 0 Å². The molecule has 8 heteroatoms.